The second kappa shape index (κ2) is 10.3. The molecule has 1 N–H and O–H groups in total. The summed E-state index contributed by atoms with van der Waals surface area (Å²) >= 11 is 1.45. The van der Waals surface area contributed by atoms with Crippen molar-refractivity contribution in [2.75, 3.05) is 6.61 Å². The Kier molecular flexibility index (Phi) is 6.66. The van der Waals surface area contributed by atoms with E-state index < -0.39 is 0 Å². The molecular weight excluding hydrogens is 494 g/mol. The minimum atomic E-state index is -0.382. The topological polar surface area (TPSA) is 83.0 Å². The Balaban J connectivity index is 1.29. The van der Waals surface area contributed by atoms with Crippen molar-refractivity contribution in [1.29, 1.82) is 5.41 Å². The van der Waals surface area contributed by atoms with E-state index in [9.17, 15) is 4.79 Å². The molecular formula is C30H31N5O2S. The first-order valence-electron chi connectivity index (χ1n) is 13.3. The molecule has 0 saturated heterocycles. The maximum Gasteiger partial charge on any atom is 0.283 e. The molecule has 7 nitrogen and oxygen atoms in total. The maximum absolute atomic E-state index is 13.1. The molecule has 1 fully saturated rings. The van der Waals surface area contributed by atoms with Gasteiger partial charge in [0.25, 0.3) is 5.91 Å². The minimum absolute atomic E-state index is 0.0947. The van der Waals surface area contributed by atoms with Gasteiger partial charge in [0, 0.05) is 28.1 Å². The van der Waals surface area contributed by atoms with E-state index in [0.29, 0.717) is 24.2 Å². The van der Waals surface area contributed by atoms with E-state index in [1.165, 1.54) is 31.0 Å². The van der Waals surface area contributed by atoms with Gasteiger partial charge in [0.1, 0.15) is 17.4 Å². The van der Waals surface area contributed by atoms with Crippen LogP contribution in [0.2, 0.25) is 0 Å². The number of amidine groups is 2. The molecule has 194 valence electrons. The summed E-state index contributed by atoms with van der Waals surface area (Å²) in [6.07, 6.45) is 7.73. The average Bonchev–Trinajstić information content (AvgIpc) is 3.46. The Labute approximate surface area is 226 Å². The van der Waals surface area contributed by atoms with Gasteiger partial charge in [-0.1, -0.05) is 49.6 Å². The predicted octanol–water partition coefficient (Wildman–Crippen LogP) is 6.54. The number of thioether (sulfide) groups is 1. The molecule has 3 aliphatic rings. The molecule has 0 atom stereocenters. The molecule has 2 aliphatic heterocycles. The molecule has 1 aromatic heterocycles. The number of nitrogens with zero attached hydrogens (tertiary/aromatic N) is 4. The van der Waals surface area contributed by atoms with Gasteiger partial charge in [-0.2, -0.15) is 15.1 Å². The molecule has 6 rings (SSSR count). The molecule has 0 bridgehead atoms. The van der Waals surface area contributed by atoms with Crippen LogP contribution >= 0.6 is 11.8 Å². The largest absolute Gasteiger partial charge is 0.492 e. The number of aliphatic imine (C=N–C) groups is 1. The zero-order valence-electron chi connectivity index (χ0n) is 21.7. The van der Waals surface area contributed by atoms with Gasteiger partial charge in [-0.15, -0.1) is 0 Å². The summed E-state index contributed by atoms with van der Waals surface area (Å²) in [7, 11) is 0. The Morgan fingerprint density at radius 2 is 1.92 bits per heavy atom. The molecule has 38 heavy (non-hydrogen) atoms. The van der Waals surface area contributed by atoms with Gasteiger partial charge in [0.05, 0.1) is 12.1 Å². The fraction of sp³-hybridized carbons (Fsp3) is 0.333. The second-order valence-electron chi connectivity index (χ2n) is 10.1. The van der Waals surface area contributed by atoms with Crippen LogP contribution in [-0.2, 0) is 11.3 Å². The highest BCUT2D eigenvalue weighted by molar-refractivity contribution is 8.27. The molecule has 0 spiro atoms. The number of rotatable bonds is 6. The first kappa shape index (κ1) is 24.7. The van der Waals surface area contributed by atoms with Crippen LogP contribution in [0, 0.1) is 25.2 Å². The zero-order valence-corrected chi connectivity index (χ0v) is 22.6. The fourth-order valence-electron chi connectivity index (χ4n) is 5.55. The summed E-state index contributed by atoms with van der Waals surface area (Å²) in [6, 6.07) is 16.2. The van der Waals surface area contributed by atoms with E-state index in [2.05, 4.69) is 41.6 Å². The summed E-state index contributed by atoms with van der Waals surface area (Å²) in [5.74, 6) is 0.970. The van der Waals surface area contributed by atoms with Crippen LogP contribution in [0.1, 0.15) is 48.9 Å². The smallest absolute Gasteiger partial charge is 0.283 e. The third-order valence-corrected chi connectivity index (χ3v) is 8.64. The van der Waals surface area contributed by atoms with Crippen LogP contribution in [0.25, 0.3) is 17.0 Å². The number of aromatic nitrogens is 1. The van der Waals surface area contributed by atoms with Gasteiger partial charge in [-0.05, 0) is 68.3 Å². The van der Waals surface area contributed by atoms with Crippen molar-refractivity contribution in [3.05, 3.63) is 70.9 Å². The van der Waals surface area contributed by atoms with Crippen LogP contribution in [0.4, 0.5) is 0 Å². The van der Waals surface area contributed by atoms with Gasteiger partial charge in [0.15, 0.2) is 5.84 Å². The van der Waals surface area contributed by atoms with Crippen LogP contribution in [-0.4, -0.2) is 38.1 Å². The van der Waals surface area contributed by atoms with Crippen LogP contribution < -0.4 is 4.74 Å². The van der Waals surface area contributed by atoms with E-state index in [4.69, 9.17) is 15.2 Å². The number of aryl methyl sites for hydroxylation is 1. The fourth-order valence-corrected chi connectivity index (χ4v) is 6.61. The monoisotopic (exact) mass is 525 g/mol. The lowest BCUT2D eigenvalue weighted by atomic mass is 9.90. The molecule has 3 heterocycles. The molecule has 8 heteroatoms. The maximum atomic E-state index is 13.1. The van der Waals surface area contributed by atoms with Crippen molar-refractivity contribution in [1.82, 2.24) is 9.58 Å². The molecule has 3 aromatic rings. The minimum Gasteiger partial charge on any atom is -0.492 e. The highest BCUT2D eigenvalue weighted by Gasteiger charge is 2.38. The molecule has 1 aliphatic carbocycles. The van der Waals surface area contributed by atoms with Gasteiger partial charge in [0.2, 0.25) is 5.17 Å². The molecule has 1 amide bonds. The predicted molar refractivity (Wildman–Crippen MR) is 155 cm³/mol. The van der Waals surface area contributed by atoms with E-state index >= 15 is 0 Å². The number of ether oxygens (including phenoxy) is 1. The van der Waals surface area contributed by atoms with Gasteiger partial charge in [-0.3, -0.25) is 10.2 Å². The van der Waals surface area contributed by atoms with Crippen LogP contribution in [0.3, 0.4) is 0 Å². The molecule has 2 aromatic carbocycles. The summed E-state index contributed by atoms with van der Waals surface area (Å²) < 4.78 is 8.25. The molecule has 1 saturated carbocycles. The van der Waals surface area contributed by atoms with Crippen molar-refractivity contribution in [3.8, 4) is 5.75 Å². The third-order valence-electron chi connectivity index (χ3n) is 7.57. The Morgan fingerprint density at radius 3 is 2.74 bits per heavy atom. The Hall–Kier alpha value is -3.65. The summed E-state index contributed by atoms with van der Waals surface area (Å²) in [6.45, 7) is 5.28. The summed E-state index contributed by atoms with van der Waals surface area (Å²) in [5.41, 5.74) is 4.44. The lowest BCUT2D eigenvalue weighted by Gasteiger charge is -2.20. The van der Waals surface area contributed by atoms with Crippen LogP contribution in [0.15, 0.2) is 64.2 Å². The average molecular weight is 526 g/mol. The van der Waals surface area contributed by atoms with E-state index in [1.54, 1.807) is 5.01 Å². The quantitative estimate of drug-likeness (QED) is 0.371. The van der Waals surface area contributed by atoms with Crippen molar-refractivity contribution in [2.24, 2.45) is 16.0 Å². The van der Waals surface area contributed by atoms with Crippen LogP contribution in [0.5, 0.6) is 5.75 Å². The first-order valence-corrected chi connectivity index (χ1v) is 14.1. The number of para-hydroxylation sites is 1. The lowest BCUT2D eigenvalue weighted by molar-refractivity contribution is -0.114. The van der Waals surface area contributed by atoms with E-state index in [0.717, 1.165) is 51.4 Å². The van der Waals surface area contributed by atoms with Crippen molar-refractivity contribution in [2.45, 2.75) is 52.5 Å². The van der Waals surface area contributed by atoms with Crippen molar-refractivity contribution >= 4 is 50.7 Å². The number of carbonyl (C=O) groups excluding carboxylic acids is 1. The van der Waals surface area contributed by atoms with Crippen molar-refractivity contribution in [3.63, 3.8) is 0 Å². The third kappa shape index (κ3) is 4.58. The van der Waals surface area contributed by atoms with Gasteiger partial charge >= 0.3 is 0 Å². The number of hydrazone groups is 1. The van der Waals surface area contributed by atoms with E-state index in [1.807, 2.05) is 36.4 Å². The zero-order chi connectivity index (χ0) is 26.2. The number of carbonyl (C=O) groups is 1. The normalized spacial score (nSPS) is 19.2. The Bertz CT molecular complexity index is 1530. The van der Waals surface area contributed by atoms with Gasteiger partial charge in [-0.25, -0.2) is 0 Å². The standard InChI is InChI=1S/C30H31N5O2S/c1-19-9-8-12-22(17-19)37-16-15-34-20(2)24(23-13-6-7-14-26(23)34)18-25-27(31)35-30(32-28(25)36)38-29(33-35)21-10-4-3-5-11-21/h6-9,12-14,17-18,21,31H,3-5,10-11,15-16H2,1-2H3/b25-18+,31-27?. The number of hydrogen-bond acceptors (Lipinski definition) is 5. The number of fused-ring (bicyclic) bond motifs is 2. The Morgan fingerprint density at radius 1 is 1.11 bits per heavy atom. The number of benzene rings is 2. The number of amides is 1. The van der Waals surface area contributed by atoms with Gasteiger partial charge < -0.3 is 9.30 Å². The summed E-state index contributed by atoms with van der Waals surface area (Å²) in [4.78, 5) is 17.5. The second-order valence-corrected chi connectivity index (χ2v) is 11.1. The lowest BCUT2D eigenvalue weighted by Crippen LogP contribution is -2.35. The summed E-state index contributed by atoms with van der Waals surface area (Å²) in [5, 5.41) is 17.7. The SMILES string of the molecule is Cc1cccc(OCCn2c(C)c(/C=C3\C(=N)N4N=C(C5CCCCC5)SC4=NC3=O)c3ccccc32)c1. The van der Waals surface area contributed by atoms with E-state index in [-0.39, 0.29) is 17.3 Å². The van der Waals surface area contributed by atoms with Crippen molar-refractivity contribution < 1.29 is 9.53 Å². The highest BCUT2D eigenvalue weighted by atomic mass is 32.2. The highest BCUT2D eigenvalue weighted by Crippen LogP contribution is 2.37. The first-order chi connectivity index (χ1) is 18.5. The molecule has 0 radical (unpaired) electrons. The number of hydrogen-bond donors (Lipinski definition) is 1. The molecule has 0 unspecified atom stereocenters. The number of nitrogens with one attached hydrogen (secondary N) is 1.